The number of nitrogen functional groups attached to an aromatic ring is 1. The standard InChI is InChI=1S/C19H20N6O4SSe/c1-30-7-6-13(18(28)29)23-16(26)10-2-4-12(5-3-10)31-9-11-8-21-15-14(22-11)17(27)25-19(20)24-15/h2-5,8,13H,6-7,9H2,1H3,(H,23,26)(H,28,29)(H3,20,21,24,25,27)/t13-/m0/s1. The molecule has 0 aliphatic carbocycles. The number of H-pyrrole nitrogens is 1. The zero-order chi connectivity index (χ0) is 22.4. The summed E-state index contributed by atoms with van der Waals surface area (Å²) >= 11 is 1.52. The normalized spacial score (nSPS) is 11.9. The number of carboxylic acids is 1. The van der Waals surface area contributed by atoms with Crippen LogP contribution in [0.2, 0.25) is 0 Å². The average molecular weight is 507 g/mol. The van der Waals surface area contributed by atoms with Crippen molar-refractivity contribution in [2.45, 2.75) is 17.8 Å². The number of carboxylic acid groups (broad SMARTS) is 1. The van der Waals surface area contributed by atoms with Gasteiger partial charge in [0.05, 0.1) is 0 Å². The number of nitrogens with one attached hydrogen (secondary N) is 2. The van der Waals surface area contributed by atoms with Crippen LogP contribution < -0.4 is 21.1 Å². The second-order valence-corrected chi connectivity index (χ2v) is 9.63. The van der Waals surface area contributed by atoms with Crippen molar-refractivity contribution in [2.75, 3.05) is 17.7 Å². The fourth-order valence-corrected chi connectivity index (χ4v) is 4.75. The topological polar surface area (TPSA) is 164 Å². The van der Waals surface area contributed by atoms with E-state index >= 15 is 0 Å². The van der Waals surface area contributed by atoms with Crippen molar-refractivity contribution < 1.29 is 14.7 Å². The van der Waals surface area contributed by atoms with Gasteiger partial charge in [-0.3, -0.25) is 0 Å². The van der Waals surface area contributed by atoms with Gasteiger partial charge in [0.25, 0.3) is 0 Å². The molecule has 10 nitrogen and oxygen atoms in total. The first-order chi connectivity index (χ1) is 14.9. The van der Waals surface area contributed by atoms with Crippen LogP contribution in [0.25, 0.3) is 11.2 Å². The van der Waals surface area contributed by atoms with E-state index in [1.165, 1.54) is 11.8 Å². The fourth-order valence-electron chi connectivity index (χ4n) is 2.63. The number of hydrogen-bond donors (Lipinski definition) is 4. The molecule has 0 unspecified atom stereocenters. The molecule has 0 radical (unpaired) electrons. The first-order valence-corrected chi connectivity index (χ1v) is 12.6. The molecule has 3 rings (SSSR count). The van der Waals surface area contributed by atoms with E-state index < -0.39 is 23.5 Å². The number of anilines is 1. The summed E-state index contributed by atoms with van der Waals surface area (Å²) in [6.45, 7) is 0. The van der Waals surface area contributed by atoms with Gasteiger partial charge in [-0.25, -0.2) is 0 Å². The number of carbonyl (C=O) groups excluding carboxylic acids is 1. The zero-order valence-electron chi connectivity index (χ0n) is 16.5. The monoisotopic (exact) mass is 508 g/mol. The predicted octanol–water partition coefficient (Wildman–Crippen LogP) is -0.239. The van der Waals surface area contributed by atoms with Crippen molar-refractivity contribution in [1.82, 2.24) is 25.3 Å². The van der Waals surface area contributed by atoms with Gasteiger partial charge >= 0.3 is 188 Å². The van der Waals surface area contributed by atoms with Crippen molar-refractivity contribution in [3.05, 3.63) is 52.1 Å². The molecule has 0 saturated heterocycles. The van der Waals surface area contributed by atoms with Gasteiger partial charge in [0.2, 0.25) is 0 Å². The predicted molar refractivity (Wildman–Crippen MR) is 120 cm³/mol. The van der Waals surface area contributed by atoms with E-state index in [1.54, 1.807) is 18.3 Å². The Kier molecular flexibility index (Phi) is 7.61. The second-order valence-electron chi connectivity index (χ2n) is 6.44. The van der Waals surface area contributed by atoms with Crippen molar-refractivity contribution in [1.29, 1.82) is 0 Å². The molecule has 1 atom stereocenters. The molecule has 0 spiro atoms. The van der Waals surface area contributed by atoms with Gasteiger partial charge in [-0.15, -0.1) is 0 Å². The summed E-state index contributed by atoms with van der Waals surface area (Å²) in [4.78, 5) is 50.4. The third kappa shape index (κ3) is 6.03. The number of rotatable bonds is 9. The van der Waals surface area contributed by atoms with Crippen LogP contribution in [0.15, 0.2) is 35.3 Å². The van der Waals surface area contributed by atoms with Crippen LogP contribution in [0.5, 0.6) is 0 Å². The number of carbonyl (C=O) groups is 2. The number of aromatic nitrogens is 4. The summed E-state index contributed by atoms with van der Waals surface area (Å²) in [5.74, 6) is -0.826. The molecule has 12 heteroatoms. The summed E-state index contributed by atoms with van der Waals surface area (Å²) in [7, 11) is 0. The fraction of sp³-hybridized carbons (Fsp3) is 0.263. The number of aromatic amines is 1. The number of fused-ring (bicyclic) bond motifs is 1. The molecule has 0 bridgehead atoms. The van der Waals surface area contributed by atoms with E-state index in [9.17, 15) is 19.5 Å². The van der Waals surface area contributed by atoms with Gasteiger partial charge < -0.3 is 0 Å². The Balaban J connectivity index is 1.63. The van der Waals surface area contributed by atoms with Crippen molar-refractivity contribution in [3.8, 4) is 0 Å². The summed E-state index contributed by atoms with van der Waals surface area (Å²) in [5, 5.41) is 12.4. The molecular weight excluding hydrogens is 487 g/mol. The van der Waals surface area contributed by atoms with Crippen molar-refractivity contribution in [2.24, 2.45) is 0 Å². The Hall–Kier alpha value is -2.95. The molecule has 2 heterocycles. The average Bonchev–Trinajstić information content (AvgIpc) is 2.75. The van der Waals surface area contributed by atoms with Crippen LogP contribution in [0.3, 0.4) is 0 Å². The third-order valence-corrected chi connectivity index (χ3v) is 7.04. The maximum atomic E-state index is 12.4. The van der Waals surface area contributed by atoms with E-state index in [4.69, 9.17) is 5.73 Å². The van der Waals surface area contributed by atoms with Crippen LogP contribution in [0.4, 0.5) is 5.95 Å². The molecule has 3 aromatic rings. The Morgan fingerprint density at radius 3 is 2.71 bits per heavy atom. The number of hydrogen-bond acceptors (Lipinski definition) is 8. The number of nitrogens with two attached hydrogens (primary N) is 1. The minimum absolute atomic E-state index is 0.00664. The number of aliphatic carboxylic acids is 1. The Morgan fingerprint density at radius 1 is 1.29 bits per heavy atom. The van der Waals surface area contributed by atoms with Gasteiger partial charge in [0.15, 0.2) is 0 Å². The van der Waals surface area contributed by atoms with Gasteiger partial charge in [0, 0.05) is 0 Å². The van der Waals surface area contributed by atoms with Crippen LogP contribution in [0, 0.1) is 0 Å². The quantitative estimate of drug-likeness (QED) is 0.286. The molecule has 1 aromatic carbocycles. The molecule has 0 aliphatic rings. The Bertz CT molecular complexity index is 1150. The first kappa shape index (κ1) is 22.7. The van der Waals surface area contributed by atoms with E-state index in [0.717, 1.165) is 4.46 Å². The number of amides is 1. The molecule has 0 fully saturated rings. The summed E-state index contributed by atoms with van der Waals surface area (Å²) in [5.41, 5.74) is 6.47. The van der Waals surface area contributed by atoms with Crippen LogP contribution in [0.1, 0.15) is 22.5 Å². The number of nitrogens with zero attached hydrogens (tertiary/aromatic N) is 3. The van der Waals surface area contributed by atoms with Crippen LogP contribution >= 0.6 is 11.8 Å². The molecule has 2 aromatic heterocycles. The minimum atomic E-state index is -1.05. The van der Waals surface area contributed by atoms with Crippen molar-refractivity contribution >= 4 is 60.2 Å². The van der Waals surface area contributed by atoms with Gasteiger partial charge in [-0.05, 0) is 0 Å². The zero-order valence-corrected chi connectivity index (χ0v) is 19.0. The van der Waals surface area contributed by atoms with Crippen LogP contribution in [-0.4, -0.2) is 69.9 Å². The van der Waals surface area contributed by atoms with Gasteiger partial charge in [-0.2, -0.15) is 0 Å². The summed E-state index contributed by atoms with van der Waals surface area (Å²) < 4.78 is 1.02. The third-order valence-electron chi connectivity index (χ3n) is 4.20. The maximum absolute atomic E-state index is 12.4. The van der Waals surface area contributed by atoms with Crippen LogP contribution in [-0.2, 0) is 10.1 Å². The number of benzene rings is 1. The van der Waals surface area contributed by atoms with E-state index in [-0.39, 0.29) is 32.1 Å². The van der Waals surface area contributed by atoms with Crippen molar-refractivity contribution in [3.63, 3.8) is 0 Å². The van der Waals surface area contributed by atoms with Gasteiger partial charge in [0.1, 0.15) is 0 Å². The summed E-state index contributed by atoms with van der Waals surface area (Å²) in [6, 6.07) is 6.09. The molecule has 162 valence electrons. The number of thioether (sulfide) groups is 1. The summed E-state index contributed by atoms with van der Waals surface area (Å²) in [6.07, 6.45) is 3.81. The molecular formula is C19H20N6O4SSe. The van der Waals surface area contributed by atoms with Gasteiger partial charge in [-0.1, -0.05) is 0 Å². The van der Waals surface area contributed by atoms with E-state index in [0.29, 0.717) is 28.8 Å². The Labute approximate surface area is 187 Å². The molecule has 31 heavy (non-hydrogen) atoms. The van der Waals surface area contributed by atoms with E-state index in [2.05, 4.69) is 25.3 Å². The molecule has 0 saturated carbocycles. The molecule has 0 aliphatic heterocycles. The van der Waals surface area contributed by atoms with E-state index in [1.807, 2.05) is 18.4 Å². The molecule has 5 N–H and O–H groups in total. The SMILES string of the molecule is CSCC[C@H](NC(=O)c1ccc([Se]Cc2cnc3nc(N)[nH]c(=O)c3n2)cc1)C(=O)O. The molecule has 1 amide bonds. The first-order valence-electron chi connectivity index (χ1n) is 9.14. The second kappa shape index (κ2) is 10.4. The Morgan fingerprint density at radius 2 is 2.03 bits per heavy atom.